The highest BCUT2D eigenvalue weighted by molar-refractivity contribution is 6.62. The molecular formula is C6H10ClNO. The Balaban J connectivity index is 2.39. The summed E-state index contributed by atoms with van der Waals surface area (Å²) in [6.07, 6.45) is 1.10. The second-order valence-electron chi connectivity index (χ2n) is 2.59. The van der Waals surface area contributed by atoms with Crippen LogP contribution in [-0.2, 0) is 0 Å². The lowest BCUT2D eigenvalue weighted by molar-refractivity contribution is 0.231. The summed E-state index contributed by atoms with van der Waals surface area (Å²) in [4.78, 5) is 12.2. The standard InChI is InChI=1S/C6H10ClNO/c1-5-2-3-8(4-5)6(7)9/h5H,2-4H2,1H3. The van der Waals surface area contributed by atoms with Crippen LogP contribution in [0.15, 0.2) is 0 Å². The number of carbonyl (C=O) groups is 1. The molecule has 1 aliphatic rings. The number of halogens is 1. The Morgan fingerprint density at radius 2 is 2.44 bits per heavy atom. The highest BCUT2D eigenvalue weighted by Crippen LogP contribution is 2.15. The van der Waals surface area contributed by atoms with Crippen molar-refractivity contribution in [3.05, 3.63) is 0 Å². The molecule has 1 atom stereocenters. The summed E-state index contributed by atoms with van der Waals surface area (Å²) in [6.45, 7) is 3.80. The molecule has 0 aromatic rings. The van der Waals surface area contributed by atoms with Gasteiger partial charge in [0.15, 0.2) is 0 Å². The smallest absolute Gasteiger partial charge is 0.316 e. The second kappa shape index (κ2) is 2.56. The third-order valence-corrected chi connectivity index (χ3v) is 1.91. The Kier molecular flexibility index (Phi) is 1.96. The SMILES string of the molecule is CC1CCN(C(=O)Cl)C1. The molecule has 1 fully saturated rings. The van der Waals surface area contributed by atoms with Crippen LogP contribution in [0.5, 0.6) is 0 Å². The minimum Gasteiger partial charge on any atom is -0.329 e. The van der Waals surface area contributed by atoms with Crippen LogP contribution in [0.25, 0.3) is 0 Å². The molecule has 0 saturated carbocycles. The summed E-state index contributed by atoms with van der Waals surface area (Å²) in [5, 5.41) is -0.306. The first kappa shape index (κ1) is 6.87. The molecule has 0 aliphatic carbocycles. The molecule has 2 nitrogen and oxygen atoms in total. The van der Waals surface area contributed by atoms with Crippen molar-refractivity contribution < 1.29 is 4.79 Å². The zero-order valence-corrected chi connectivity index (χ0v) is 6.19. The summed E-state index contributed by atoms with van der Waals surface area (Å²) in [6, 6.07) is 0. The first-order valence-corrected chi connectivity index (χ1v) is 3.52. The highest BCUT2D eigenvalue weighted by atomic mass is 35.5. The molecule has 1 amide bonds. The van der Waals surface area contributed by atoms with Gasteiger partial charge >= 0.3 is 5.37 Å². The third kappa shape index (κ3) is 1.58. The van der Waals surface area contributed by atoms with Crippen molar-refractivity contribution >= 4 is 17.0 Å². The van der Waals surface area contributed by atoms with Crippen LogP contribution < -0.4 is 0 Å². The maximum atomic E-state index is 10.5. The van der Waals surface area contributed by atoms with Crippen LogP contribution in [0.3, 0.4) is 0 Å². The minimum absolute atomic E-state index is 0.306. The molecule has 1 aliphatic heterocycles. The van der Waals surface area contributed by atoms with Gasteiger partial charge in [-0.2, -0.15) is 0 Å². The van der Waals surface area contributed by atoms with Gasteiger partial charge in [0.05, 0.1) is 0 Å². The van der Waals surface area contributed by atoms with E-state index in [1.54, 1.807) is 4.90 Å². The van der Waals surface area contributed by atoms with E-state index in [1.807, 2.05) is 0 Å². The Bertz CT molecular complexity index is 126. The fraction of sp³-hybridized carbons (Fsp3) is 0.833. The zero-order chi connectivity index (χ0) is 6.85. The van der Waals surface area contributed by atoms with Crippen molar-refractivity contribution in [2.75, 3.05) is 13.1 Å². The number of hydrogen-bond acceptors (Lipinski definition) is 1. The maximum Gasteiger partial charge on any atom is 0.316 e. The number of likely N-dealkylation sites (tertiary alicyclic amines) is 1. The monoisotopic (exact) mass is 147 g/mol. The van der Waals surface area contributed by atoms with Crippen molar-refractivity contribution in [1.82, 2.24) is 4.90 Å². The lowest BCUT2D eigenvalue weighted by Crippen LogP contribution is -2.22. The van der Waals surface area contributed by atoms with Crippen LogP contribution >= 0.6 is 11.6 Å². The van der Waals surface area contributed by atoms with Crippen molar-refractivity contribution in [2.24, 2.45) is 5.92 Å². The number of hydrogen-bond donors (Lipinski definition) is 0. The van der Waals surface area contributed by atoms with Gasteiger partial charge in [-0.3, -0.25) is 4.79 Å². The number of amides is 1. The van der Waals surface area contributed by atoms with Gasteiger partial charge in [-0.05, 0) is 23.9 Å². The lowest BCUT2D eigenvalue weighted by atomic mass is 10.2. The van der Waals surface area contributed by atoms with E-state index in [0.29, 0.717) is 5.92 Å². The maximum absolute atomic E-state index is 10.5. The van der Waals surface area contributed by atoms with Crippen LogP contribution in [0, 0.1) is 5.92 Å². The van der Waals surface area contributed by atoms with Gasteiger partial charge in [-0.25, -0.2) is 0 Å². The normalized spacial score (nSPS) is 26.9. The Morgan fingerprint density at radius 1 is 1.78 bits per heavy atom. The average Bonchev–Trinajstić information content (AvgIpc) is 2.14. The molecule has 0 aromatic carbocycles. The summed E-state index contributed by atoms with van der Waals surface area (Å²) in [7, 11) is 0. The van der Waals surface area contributed by atoms with Gasteiger partial charge in [0, 0.05) is 13.1 Å². The molecule has 1 saturated heterocycles. The number of nitrogens with zero attached hydrogens (tertiary/aromatic N) is 1. The second-order valence-corrected chi connectivity index (χ2v) is 2.92. The summed E-state index contributed by atoms with van der Waals surface area (Å²) in [5.74, 6) is 0.632. The lowest BCUT2D eigenvalue weighted by Gasteiger charge is -2.09. The van der Waals surface area contributed by atoms with E-state index >= 15 is 0 Å². The third-order valence-electron chi connectivity index (χ3n) is 1.67. The number of carbonyl (C=O) groups excluding carboxylic acids is 1. The predicted octanol–water partition coefficient (Wildman–Crippen LogP) is 1.69. The molecule has 1 heterocycles. The number of rotatable bonds is 0. The van der Waals surface area contributed by atoms with E-state index in [-0.39, 0.29) is 5.37 Å². The molecule has 0 bridgehead atoms. The van der Waals surface area contributed by atoms with Crippen molar-refractivity contribution in [3.63, 3.8) is 0 Å². The van der Waals surface area contributed by atoms with Gasteiger partial charge < -0.3 is 4.90 Å². The molecule has 1 unspecified atom stereocenters. The van der Waals surface area contributed by atoms with Crippen LogP contribution in [0.1, 0.15) is 13.3 Å². The molecule has 3 heteroatoms. The van der Waals surface area contributed by atoms with Crippen molar-refractivity contribution in [3.8, 4) is 0 Å². The largest absolute Gasteiger partial charge is 0.329 e. The van der Waals surface area contributed by atoms with E-state index in [4.69, 9.17) is 11.6 Å². The molecule has 0 N–H and O–H groups in total. The minimum atomic E-state index is -0.306. The van der Waals surface area contributed by atoms with Crippen molar-refractivity contribution in [1.29, 1.82) is 0 Å². The van der Waals surface area contributed by atoms with Crippen molar-refractivity contribution in [2.45, 2.75) is 13.3 Å². The zero-order valence-electron chi connectivity index (χ0n) is 5.43. The molecule has 52 valence electrons. The molecule has 0 aromatic heterocycles. The van der Waals surface area contributed by atoms with Crippen LogP contribution in [-0.4, -0.2) is 23.4 Å². The van der Waals surface area contributed by atoms with Gasteiger partial charge in [0.1, 0.15) is 0 Å². The van der Waals surface area contributed by atoms with E-state index in [1.165, 1.54) is 0 Å². The summed E-state index contributed by atoms with van der Waals surface area (Å²) >= 11 is 5.24. The van der Waals surface area contributed by atoms with Gasteiger partial charge in [-0.1, -0.05) is 6.92 Å². The molecule has 0 spiro atoms. The average molecular weight is 148 g/mol. The summed E-state index contributed by atoms with van der Waals surface area (Å²) < 4.78 is 0. The Labute approximate surface area is 59.8 Å². The quantitative estimate of drug-likeness (QED) is 0.377. The van der Waals surface area contributed by atoms with Gasteiger partial charge in [0.25, 0.3) is 0 Å². The summed E-state index contributed by atoms with van der Waals surface area (Å²) in [5.41, 5.74) is 0. The van der Waals surface area contributed by atoms with E-state index in [2.05, 4.69) is 6.92 Å². The molecule has 9 heavy (non-hydrogen) atoms. The predicted molar refractivity (Wildman–Crippen MR) is 36.6 cm³/mol. The highest BCUT2D eigenvalue weighted by Gasteiger charge is 2.21. The van der Waals surface area contributed by atoms with Gasteiger partial charge in [0.2, 0.25) is 0 Å². The fourth-order valence-corrected chi connectivity index (χ4v) is 1.25. The van der Waals surface area contributed by atoms with E-state index in [0.717, 1.165) is 19.5 Å². The van der Waals surface area contributed by atoms with Gasteiger partial charge in [-0.15, -0.1) is 0 Å². The fourth-order valence-electron chi connectivity index (χ4n) is 1.09. The topological polar surface area (TPSA) is 20.3 Å². The van der Waals surface area contributed by atoms with E-state index in [9.17, 15) is 4.79 Å². The Hall–Kier alpha value is -0.240. The van der Waals surface area contributed by atoms with E-state index < -0.39 is 0 Å². The molecule has 0 radical (unpaired) electrons. The first-order chi connectivity index (χ1) is 4.20. The molecule has 1 rings (SSSR count). The van der Waals surface area contributed by atoms with Crippen LogP contribution in [0.2, 0.25) is 0 Å². The Morgan fingerprint density at radius 3 is 2.67 bits per heavy atom. The molecular weight excluding hydrogens is 138 g/mol. The van der Waals surface area contributed by atoms with Crippen LogP contribution in [0.4, 0.5) is 4.79 Å². The first-order valence-electron chi connectivity index (χ1n) is 3.14.